The number of carboxylic acid groups (broad SMARTS) is 2. The summed E-state index contributed by atoms with van der Waals surface area (Å²) in [5.41, 5.74) is 0.216. The van der Waals surface area contributed by atoms with Gasteiger partial charge in [0.1, 0.15) is 27.9 Å². The Morgan fingerprint density at radius 3 is 1.60 bits per heavy atom. The monoisotopic (exact) mass is 698 g/mol. The quantitative estimate of drug-likeness (QED) is 0.127. The molecule has 4 rings (SSSR count). The lowest BCUT2D eigenvalue weighted by atomic mass is 9.98. The van der Waals surface area contributed by atoms with E-state index in [0.29, 0.717) is 5.75 Å². The largest absolute Gasteiger partial charge is 0.478 e. The van der Waals surface area contributed by atoms with E-state index in [-0.39, 0.29) is 51.5 Å². The summed E-state index contributed by atoms with van der Waals surface area (Å²) in [4.78, 5) is 48.5. The van der Waals surface area contributed by atoms with Crippen LogP contribution in [0.1, 0.15) is 65.9 Å². The number of aromatic carboxylic acids is 2. The van der Waals surface area contributed by atoms with E-state index in [4.69, 9.17) is 22.1 Å². The average Bonchev–Trinajstić information content (AvgIpc) is 3.01. The summed E-state index contributed by atoms with van der Waals surface area (Å²) in [6.45, 7) is 3.44. The van der Waals surface area contributed by atoms with E-state index in [0.717, 1.165) is 17.7 Å². The molecular weight excluding hydrogens is 672 g/mol. The summed E-state index contributed by atoms with van der Waals surface area (Å²) in [5, 5.41) is 19.1. The van der Waals surface area contributed by atoms with Gasteiger partial charge in [0.05, 0.1) is 11.1 Å². The summed E-state index contributed by atoms with van der Waals surface area (Å²) in [6, 6.07) is 17.9. The van der Waals surface area contributed by atoms with Gasteiger partial charge in [-0.3, -0.25) is 14.1 Å². The minimum atomic E-state index is -4.78. The van der Waals surface area contributed by atoms with Gasteiger partial charge in [-0.05, 0) is 73.2 Å². The van der Waals surface area contributed by atoms with Gasteiger partial charge in [0, 0.05) is 24.0 Å². The molecule has 0 fully saturated rings. The first-order valence-corrected chi connectivity index (χ1v) is 16.0. The van der Waals surface area contributed by atoms with Crippen molar-refractivity contribution in [3.8, 4) is 23.0 Å². The zero-order valence-corrected chi connectivity index (χ0v) is 26.7. The Morgan fingerprint density at radius 1 is 0.667 bits per heavy atom. The van der Waals surface area contributed by atoms with Crippen molar-refractivity contribution in [2.24, 2.45) is 0 Å². The molecule has 0 aromatic heterocycles. The van der Waals surface area contributed by atoms with Crippen molar-refractivity contribution in [1.29, 1.82) is 0 Å². The topological polar surface area (TPSA) is 233 Å². The lowest BCUT2D eigenvalue weighted by Crippen LogP contribution is -2.12. The summed E-state index contributed by atoms with van der Waals surface area (Å²) in [7, 11) is -7.89. The standard InChI is InChI=1S/C32H26O11S.O3S/c1-3-27(33)25-16-21(9-11-23(25)31(35)36)42-22-10-12-24(32(37)38)26(17-22)28(34)14-19-6-13-29(30(15-19)44(39,40)41)43-20-7-4-18(2)5-8-20;1-4(2)3/h4-13,15-17H,3,14H2,1-2H3,(H,35,36)(H,37,38)(H,39,40,41);. The van der Waals surface area contributed by atoms with Crippen LogP contribution >= 0.6 is 0 Å². The Morgan fingerprint density at radius 2 is 1.15 bits per heavy atom. The van der Waals surface area contributed by atoms with E-state index in [1.807, 2.05) is 6.92 Å². The lowest BCUT2D eigenvalue weighted by Gasteiger charge is -2.13. The summed E-state index contributed by atoms with van der Waals surface area (Å²) in [6.07, 6.45) is -0.395. The molecule has 0 aliphatic carbocycles. The Balaban J connectivity index is 0.00000148. The second kappa shape index (κ2) is 15.7. The van der Waals surface area contributed by atoms with E-state index in [1.54, 1.807) is 31.2 Å². The molecule has 0 radical (unpaired) electrons. The number of ketones is 2. The number of carboxylic acids is 2. The molecule has 4 aromatic carbocycles. The fourth-order valence-corrected chi connectivity index (χ4v) is 4.96. The van der Waals surface area contributed by atoms with Crippen LogP contribution in [-0.4, -0.2) is 59.3 Å². The van der Waals surface area contributed by atoms with Gasteiger partial charge in [0.2, 0.25) is 0 Å². The Labute approximate surface area is 275 Å². The molecule has 14 nitrogen and oxygen atoms in total. The molecule has 0 saturated heterocycles. The first kappa shape index (κ1) is 36.8. The number of hydrogen-bond acceptors (Lipinski definition) is 11. The molecule has 250 valence electrons. The minimum absolute atomic E-state index is 0.0248. The molecule has 0 saturated carbocycles. The van der Waals surface area contributed by atoms with Gasteiger partial charge in [0.15, 0.2) is 11.6 Å². The van der Waals surface area contributed by atoms with Crippen molar-refractivity contribution in [2.45, 2.75) is 31.6 Å². The van der Waals surface area contributed by atoms with Crippen molar-refractivity contribution in [1.82, 2.24) is 0 Å². The number of carbonyl (C=O) groups is 4. The lowest BCUT2D eigenvalue weighted by molar-refractivity contribution is 0.0683. The molecule has 0 aliphatic rings. The summed E-state index contributed by atoms with van der Waals surface area (Å²) < 4.78 is 70.9. The van der Waals surface area contributed by atoms with Crippen LogP contribution in [0.5, 0.6) is 23.0 Å². The van der Waals surface area contributed by atoms with Crippen molar-refractivity contribution in [3.05, 3.63) is 112 Å². The highest BCUT2D eigenvalue weighted by Gasteiger charge is 2.23. The third-order valence-electron chi connectivity index (χ3n) is 6.50. The minimum Gasteiger partial charge on any atom is -0.478 e. The van der Waals surface area contributed by atoms with Crippen LogP contribution in [0.4, 0.5) is 0 Å². The van der Waals surface area contributed by atoms with Gasteiger partial charge in [-0.25, -0.2) is 9.59 Å². The van der Waals surface area contributed by atoms with E-state index in [2.05, 4.69) is 0 Å². The third kappa shape index (κ3) is 9.89. The average molecular weight is 699 g/mol. The number of aryl methyl sites for hydroxylation is 1. The van der Waals surface area contributed by atoms with Crippen LogP contribution in [0.3, 0.4) is 0 Å². The summed E-state index contributed by atoms with van der Waals surface area (Å²) >= 11 is 0. The summed E-state index contributed by atoms with van der Waals surface area (Å²) in [5.74, 6) is -3.58. The molecule has 0 spiro atoms. The normalized spacial score (nSPS) is 10.6. The molecule has 0 amide bonds. The fraction of sp³-hybridized carbons (Fsp3) is 0.125. The SMILES string of the molecule is CCC(=O)c1cc(Oc2ccc(C(=O)O)c(C(=O)Cc3ccc(Oc4ccc(C)cc4)c(S(=O)(=O)O)c3)c2)ccc1C(=O)O.O=S(=O)=O. The van der Waals surface area contributed by atoms with Crippen molar-refractivity contribution in [3.63, 3.8) is 0 Å². The molecule has 0 atom stereocenters. The van der Waals surface area contributed by atoms with Gasteiger partial charge in [-0.15, -0.1) is 12.6 Å². The van der Waals surface area contributed by atoms with Crippen molar-refractivity contribution in [2.75, 3.05) is 0 Å². The number of rotatable bonds is 12. The van der Waals surface area contributed by atoms with Gasteiger partial charge in [-0.2, -0.15) is 8.42 Å². The maximum Gasteiger partial charge on any atom is 0.425 e. The van der Waals surface area contributed by atoms with Gasteiger partial charge in [0.25, 0.3) is 10.1 Å². The van der Waals surface area contributed by atoms with Crippen LogP contribution in [0, 0.1) is 6.92 Å². The van der Waals surface area contributed by atoms with E-state index >= 15 is 0 Å². The molecule has 0 bridgehead atoms. The van der Waals surface area contributed by atoms with Crippen LogP contribution in [0.15, 0.2) is 83.8 Å². The second-order valence-electron chi connectivity index (χ2n) is 9.88. The maximum absolute atomic E-state index is 13.3. The molecule has 3 N–H and O–H groups in total. The van der Waals surface area contributed by atoms with Crippen molar-refractivity contribution >= 4 is 44.2 Å². The Bertz CT molecular complexity index is 2110. The zero-order valence-electron chi connectivity index (χ0n) is 25.1. The van der Waals surface area contributed by atoms with Crippen LogP contribution in [-0.2, 0) is 27.1 Å². The predicted octanol–water partition coefficient (Wildman–Crippen LogP) is 5.24. The number of carbonyl (C=O) groups excluding carboxylic acids is 2. The molecular formula is C32H26O14S2. The predicted molar refractivity (Wildman–Crippen MR) is 167 cm³/mol. The third-order valence-corrected chi connectivity index (χ3v) is 7.37. The maximum atomic E-state index is 13.3. The van der Waals surface area contributed by atoms with Gasteiger partial charge >= 0.3 is 22.5 Å². The van der Waals surface area contributed by atoms with Crippen molar-refractivity contribution < 1.29 is 64.5 Å². The molecule has 0 aliphatic heterocycles. The molecule has 4 aromatic rings. The smallest absolute Gasteiger partial charge is 0.425 e. The highest BCUT2D eigenvalue weighted by molar-refractivity contribution is 7.86. The molecule has 0 heterocycles. The van der Waals surface area contributed by atoms with E-state index in [1.165, 1.54) is 42.5 Å². The number of benzene rings is 4. The number of hydrogen-bond donors (Lipinski definition) is 3. The second-order valence-corrected chi connectivity index (χ2v) is 11.7. The first-order valence-electron chi connectivity index (χ1n) is 13.6. The van der Waals surface area contributed by atoms with Crippen LogP contribution in [0.25, 0.3) is 0 Å². The molecule has 16 heteroatoms. The highest BCUT2D eigenvalue weighted by Crippen LogP contribution is 2.32. The fourth-order valence-electron chi connectivity index (χ4n) is 4.30. The Kier molecular flexibility index (Phi) is 12.0. The Hall–Kier alpha value is -5.71. The first-order chi connectivity index (χ1) is 22.5. The van der Waals surface area contributed by atoms with E-state index < -0.39 is 55.5 Å². The zero-order chi connectivity index (χ0) is 35.8. The van der Waals surface area contributed by atoms with Gasteiger partial charge < -0.3 is 19.7 Å². The highest BCUT2D eigenvalue weighted by atomic mass is 32.2. The van der Waals surface area contributed by atoms with Gasteiger partial charge in [-0.1, -0.05) is 30.7 Å². The molecule has 48 heavy (non-hydrogen) atoms. The number of Topliss-reactive ketones (excluding diaryl/α,β-unsaturated/α-hetero) is 2. The van der Waals surface area contributed by atoms with E-state index in [9.17, 15) is 42.4 Å². The van der Waals surface area contributed by atoms with Crippen LogP contribution in [0.2, 0.25) is 0 Å². The number of ether oxygens (including phenoxy) is 2. The van der Waals surface area contributed by atoms with Crippen LogP contribution < -0.4 is 9.47 Å². The molecule has 0 unspecified atom stereocenters.